The fraction of sp³-hybridized carbons (Fsp3) is 0.250. The van der Waals surface area contributed by atoms with E-state index in [9.17, 15) is 9.90 Å². The first-order valence-corrected chi connectivity index (χ1v) is 10.2. The maximum Gasteiger partial charge on any atom is 0.230 e. The van der Waals surface area contributed by atoms with Crippen molar-refractivity contribution in [1.29, 1.82) is 0 Å². The molecule has 1 saturated heterocycles. The minimum absolute atomic E-state index is 0.0403. The number of carbonyl (C=O) groups is 1. The molecule has 2 aromatic carbocycles. The van der Waals surface area contributed by atoms with E-state index in [0.717, 1.165) is 16.9 Å². The van der Waals surface area contributed by atoms with E-state index in [0.29, 0.717) is 36.9 Å². The molecule has 3 aromatic rings. The van der Waals surface area contributed by atoms with Gasteiger partial charge in [0.1, 0.15) is 17.4 Å². The fourth-order valence-electron chi connectivity index (χ4n) is 3.58. The SMILES string of the molecule is C=C1CC(Cc2nc(Cc3ccc(O)cc3)nc(Nc3ccc(C)cc3)n2)C(=O)N1C. The molecule has 4 rings (SSSR count). The Balaban J connectivity index is 1.62. The number of benzene rings is 2. The van der Waals surface area contributed by atoms with Gasteiger partial charge < -0.3 is 15.3 Å². The zero-order chi connectivity index (χ0) is 22.0. The van der Waals surface area contributed by atoms with E-state index >= 15 is 0 Å². The largest absolute Gasteiger partial charge is 0.508 e. The second-order valence-corrected chi connectivity index (χ2v) is 7.89. The molecule has 0 radical (unpaired) electrons. The number of amides is 1. The number of allylic oxidation sites excluding steroid dienone is 1. The summed E-state index contributed by atoms with van der Waals surface area (Å²) < 4.78 is 0. The molecule has 1 aliphatic rings. The zero-order valence-electron chi connectivity index (χ0n) is 17.7. The lowest BCUT2D eigenvalue weighted by Gasteiger charge is -2.12. The highest BCUT2D eigenvalue weighted by molar-refractivity contribution is 5.83. The van der Waals surface area contributed by atoms with Gasteiger partial charge in [-0.05, 0) is 43.2 Å². The monoisotopic (exact) mass is 415 g/mol. The lowest BCUT2D eigenvalue weighted by atomic mass is 10.0. The molecule has 1 aliphatic heterocycles. The van der Waals surface area contributed by atoms with Crippen LogP contribution in [0.1, 0.15) is 29.2 Å². The van der Waals surface area contributed by atoms with Crippen molar-refractivity contribution in [2.45, 2.75) is 26.2 Å². The van der Waals surface area contributed by atoms with Crippen LogP contribution in [0.5, 0.6) is 5.75 Å². The maximum atomic E-state index is 12.5. The molecule has 1 fully saturated rings. The maximum absolute atomic E-state index is 12.5. The van der Waals surface area contributed by atoms with Gasteiger partial charge in [0.15, 0.2) is 0 Å². The van der Waals surface area contributed by atoms with Gasteiger partial charge in [-0.3, -0.25) is 4.79 Å². The molecule has 1 unspecified atom stereocenters. The summed E-state index contributed by atoms with van der Waals surface area (Å²) >= 11 is 0. The molecule has 158 valence electrons. The Labute approximate surface area is 181 Å². The number of nitrogens with one attached hydrogen (secondary N) is 1. The van der Waals surface area contributed by atoms with Crippen LogP contribution in [0.15, 0.2) is 60.8 Å². The van der Waals surface area contributed by atoms with Crippen molar-refractivity contribution >= 4 is 17.5 Å². The summed E-state index contributed by atoms with van der Waals surface area (Å²) in [6.45, 7) is 5.99. The standard InChI is InChI=1S/C24H25N5O2/c1-15-4-8-19(9-5-15)25-24-27-21(13-17-6-10-20(30)11-7-17)26-22(28-24)14-18-12-16(2)29(3)23(18)31/h4-11,18,30H,2,12-14H2,1,3H3,(H,25,26,27,28). The number of phenols is 1. The number of rotatable bonds is 6. The smallest absolute Gasteiger partial charge is 0.230 e. The van der Waals surface area contributed by atoms with Crippen LogP contribution in [0, 0.1) is 12.8 Å². The van der Waals surface area contributed by atoms with Crippen LogP contribution in [0.3, 0.4) is 0 Å². The van der Waals surface area contributed by atoms with Crippen LogP contribution < -0.4 is 5.32 Å². The summed E-state index contributed by atoms with van der Waals surface area (Å²) in [7, 11) is 1.75. The molecule has 1 amide bonds. The van der Waals surface area contributed by atoms with Crippen LogP contribution in [0.2, 0.25) is 0 Å². The van der Waals surface area contributed by atoms with Gasteiger partial charge in [-0.1, -0.05) is 36.4 Å². The van der Waals surface area contributed by atoms with E-state index in [2.05, 4.69) is 26.8 Å². The summed E-state index contributed by atoms with van der Waals surface area (Å²) in [6.07, 6.45) is 1.52. The number of carbonyl (C=O) groups excluding carboxylic acids is 1. The Hall–Kier alpha value is -3.74. The van der Waals surface area contributed by atoms with Gasteiger partial charge in [0.2, 0.25) is 11.9 Å². The van der Waals surface area contributed by atoms with Gasteiger partial charge in [0.05, 0.1) is 5.92 Å². The highest BCUT2D eigenvalue weighted by Crippen LogP contribution is 2.27. The minimum atomic E-state index is -0.214. The average Bonchev–Trinajstić information content (AvgIpc) is 2.98. The number of hydrogen-bond acceptors (Lipinski definition) is 6. The van der Waals surface area contributed by atoms with Gasteiger partial charge in [0.25, 0.3) is 0 Å². The second kappa shape index (κ2) is 8.55. The van der Waals surface area contributed by atoms with Gasteiger partial charge in [-0.2, -0.15) is 9.97 Å². The Bertz CT molecular complexity index is 1040. The fourth-order valence-corrected chi connectivity index (χ4v) is 3.58. The third-order valence-electron chi connectivity index (χ3n) is 5.40. The number of nitrogens with zero attached hydrogens (tertiary/aromatic N) is 4. The van der Waals surface area contributed by atoms with E-state index < -0.39 is 0 Å². The van der Waals surface area contributed by atoms with E-state index in [-0.39, 0.29) is 17.6 Å². The van der Waals surface area contributed by atoms with Crippen LogP contribution in [-0.2, 0) is 17.6 Å². The van der Waals surface area contributed by atoms with Gasteiger partial charge in [-0.15, -0.1) is 0 Å². The van der Waals surface area contributed by atoms with Crippen molar-refractivity contribution in [2.75, 3.05) is 12.4 Å². The molecule has 2 N–H and O–H groups in total. The predicted molar refractivity (Wildman–Crippen MR) is 119 cm³/mol. The first kappa shape index (κ1) is 20.5. The van der Waals surface area contributed by atoms with Crippen molar-refractivity contribution < 1.29 is 9.90 Å². The normalized spacial score (nSPS) is 16.1. The molecule has 7 nitrogen and oxygen atoms in total. The number of aromatic hydroxyl groups is 1. The molecule has 0 spiro atoms. The zero-order valence-corrected chi connectivity index (χ0v) is 17.7. The number of aromatic nitrogens is 3. The third kappa shape index (κ3) is 4.88. The Morgan fingerprint density at radius 1 is 1.06 bits per heavy atom. The highest BCUT2D eigenvalue weighted by atomic mass is 16.3. The number of likely N-dealkylation sites (tertiary alicyclic amines) is 1. The third-order valence-corrected chi connectivity index (χ3v) is 5.40. The first-order valence-electron chi connectivity index (χ1n) is 10.2. The summed E-state index contributed by atoms with van der Waals surface area (Å²) in [5.41, 5.74) is 3.83. The second-order valence-electron chi connectivity index (χ2n) is 7.89. The van der Waals surface area contributed by atoms with Crippen LogP contribution >= 0.6 is 0 Å². The Morgan fingerprint density at radius 3 is 2.39 bits per heavy atom. The predicted octanol–water partition coefficient (Wildman–Crippen LogP) is 3.75. The minimum Gasteiger partial charge on any atom is -0.508 e. The Kier molecular flexibility index (Phi) is 5.66. The molecule has 1 atom stereocenters. The molecule has 1 aromatic heterocycles. The highest BCUT2D eigenvalue weighted by Gasteiger charge is 2.33. The summed E-state index contributed by atoms with van der Waals surface area (Å²) in [5.74, 6) is 1.65. The summed E-state index contributed by atoms with van der Waals surface area (Å²) in [6, 6.07) is 14.9. The molecule has 31 heavy (non-hydrogen) atoms. The van der Waals surface area contributed by atoms with Gasteiger partial charge in [-0.25, -0.2) is 4.98 Å². The van der Waals surface area contributed by atoms with Crippen molar-refractivity contribution in [1.82, 2.24) is 19.9 Å². The number of hydrogen-bond donors (Lipinski definition) is 2. The van der Waals surface area contributed by atoms with Crippen LogP contribution in [-0.4, -0.2) is 37.9 Å². The van der Waals surface area contributed by atoms with E-state index in [1.807, 2.05) is 43.3 Å². The van der Waals surface area contributed by atoms with Gasteiger partial charge in [0, 0.05) is 31.3 Å². The lowest BCUT2D eigenvalue weighted by Crippen LogP contribution is -2.23. The molecule has 0 bridgehead atoms. The quantitative estimate of drug-likeness (QED) is 0.637. The lowest BCUT2D eigenvalue weighted by molar-refractivity contribution is -0.129. The average molecular weight is 415 g/mol. The Morgan fingerprint density at radius 2 is 1.74 bits per heavy atom. The van der Waals surface area contributed by atoms with Crippen LogP contribution in [0.25, 0.3) is 0 Å². The topological polar surface area (TPSA) is 91.2 Å². The van der Waals surface area contributed by atoms with Gasteiger partial charge >= 0.3 is 0 Å². The molecular weight excluding hydrogens is 390 g/mol. The van der Waals surface area contributed by atoms with Crippen molar-refractivity contribution in [3.8, 4) is 5.75 Å². The van der Waals surface area contributed by atoms with Crippen molar-refractivity contribution in [3.63, 3.8) is 0 Å². The first-order chi connectivity index (χ1) is 14.9. The summed E-state index contributed by atoms with van der Waals surface area (Å²) in [5, 5.41) is 12.8. The molecule has 0 saturated carbocycles. The molecule has 0 aliphatic carbocycles. The van der Waals surface area contributed by atoms with E-state index in [1.54, 1.807) is 24.1 Å². The van der Waals surface area contributed by atoms with Crippen molar-refractivity contribution in [3.05, 3.63) is 83.6 Å². The molecular formula is C24H25N5O2. The van der Waals surface area contributed by atoms with E-state index in [1.165, 1.54) is 5.56 Å². The van der Waals surface area contributed by atoms with Crippen molar-refractivity contribution in [2.24, 2.45) is 5.92 Å². The van der Waals surface area contributed by atoms with E-state index in [4.69, 9.17) is 0 Å². The molecule has 7 heteroatoms. The number of aryl methyl sites for hydroxylation is 1. The number of anilines is 2. The summed E-state index contributed by atoms with van der Waals surface area (Å²) in [4.78, 5) is 27.9. The molecule has 2 heterocycles. The van der Waals surface area contributed by atoms with Crippen LogP contribution in [0.4, 0.5) is 11.6 Å². The number of phenolic OH excluding ortho intramolecular Hbond substituents is 1.